The van der Waals surface area contributed by atoms with Crippen LogP contribution in [0.4, 0.5) is 4.39 Å². The summed E-state index contributed by atoms with van der Waals surface area (Å²) in [6, 6.07) is 7.61. The van der Waals surface area contributed by atoms with Crippen LogP contribution in [0.5, 0.6) is 23.0 Å². The monoisotopic (exact) mass is 367 g/mol. The Kier molecular flexibility index (Phi) is 5.34. The van der Waals surface area contributed by atoms with Gasteiger partial charge in [-0.3, -0.25) is 0 Å². The number of ether oxygens (including phenoxy) is 3. The second-order valence-electron chi connectivity index (χ2n) is 4.65. The van der Waals surface area contributed by atoms with Crippen molar-refractivity contribution in [3.05, 3.63) is 41.7 Å². The van der Waals surface area contributed by atoms with Crippen molar-refractivity contribution in [3.63, 3.8) is 0 Å². The fraction of sp³-hybridized carbons (Fsp3) is 0.188. The lowest BCUT2D eigenvalue weighted by Crippen LogP contribution is -2.13. The highest BCUT2D eigenvalue weighted by Crippen LogP contribution is 2.35. The van der Waals surface area contributed by atoms with Gasteiger partial charge in [-0.05, 0) is 12.1 Å². The van der Waals surface area contributed by atoms with E-state index in [0.717, 1.165) is 12.1 Å². The molecule has 0 saturated carbocycles. The number of nitrogens with zero attached hydrogens (tertiary/aromatic N) is 1. The standard InChI is InChI=1S/C16H14FNO6S/c1-21-13-6-10(9-18)4-5-12(13)24-25(19,20)16-8-15(23-3)14(22-2)7-11(16)17/h4-8H,1-3H3. The van der Waals surface area contributed by atoms with E-state index in [0.29, 0.717) is 0 Å². The second-order valence-corrected chi connectivity index (χ2v) is 6.17. The SMILES string of the molecule is COc1cc(F)c(S(=O)(=O)Oc2ccc(C#N)cc2OC)cc1OC. The van der Waals surface area contributed by atoms with E-state index in [2.05, 4.69) is 0 Å². The minimum atomic E-state index is -4.53. The summed E-state index contributed by atoms with van der Waals surface area (Å²) in [5.74, 6) is -1.17. The molecule has 0 unspecified atom stereocenters. The summed E-state index contributed by atoms with van der Waals surface area (Å²) >= 11 is 0. The molecule has 0 aromatic heterocycles. The fourth-order valence-corrected chi connectivity index (χ4v) is 3.01. The first-order valence-electron chi connectivity index (χ1n) is 6.80. The van der Waals surface area contributed by atoms with Gasteiger partial charge in [0.15, 0.2) is 23.0 Å². The van der Waals surface area contributed by atoms with E-state index in [1.165, 1.54) is 39.5 Å². The summed E-state index contributed by atoms with van der Waals surface area (Å²) < 4.78 is 58.9. The summed E-state index contributed by atoms with van der Waals surface area (Å²) in [4.78, 5) is -0.725. The normalized spacial score (nSPS) is 10.7. The molecule has 0 N–H and O–H groups in total. The number of rotatable bonds is 6. The van der Waals surface area contributed by atoms with Crippen LogP contribution in [0.2, 0.25) is 0 Å². The Hall–Kier alpha value is -2.99. The lowest BCUT2D eigenvalue weighted by Gasteiger charge is -2.13. The van der Waals surface area contributed by atoms with Crippen molar-refractivity contribution in [2.24, 2.45) is 0 Å². The maximum Gasteiger partial charge on any atom is 0.342 e. The Morgan fingerprint density at radius 2 is 1.48 bits per heavy atom. The van der Waals surface area contributed by atoms with Gasteiger partial charge in [-0.2, -0.15) is 13.7 Å². The van der Waals surface area contributed by atoms with Gasteiger partial charge in [-0.1, -0.05) is 0 Å². The quantitative estimate of drug-likeness (QED) is 0.724. The van der Waals surface area contributed by atoms with Crippen LogP contribution in [0.3, 0.4) is 0 Å². The number of nitriles is 1. The third-order valence-electron chi connectivity index (χ3n) is 3.20. The first-order valence-corrected chi connectivity index (χ1v) is 8.21. The van der Waals surface area contributed by atoms with Crippen LogP contribution in [-0.4, -0.2) is 29.7 Å². The van der Waals surface area contributed by atoms with Crippen LogP contribution in [0.15, 0.2) is 35.2 Å². The second kappa shape index (κ2) is 7.27. The Balaban J connectivity index is 2.49. The van der Waals surface area contributed by atoms with Crippen molar-refractivity contribution in [2.45, 2.75) is 4.90 Å². The Bertz CT molecular complexity index is 936. The largest absolute Gasteiger partial charge is 0.493 e. The third kappa shape index (κ3) is 3.75. The predicted molar refractivity (Wildman–Crippen MR) is 85.0 cm³/mol. The third-order valence-corrected chi connectivity index (χ3v) is 4.45. The molecular weight excluding hydrogens is 353 g/mol. The highest BCUT2D eigenvalue weighted by atomic mass is 32.2. The van der Waals surface area contributed by atoms with Crippen LogP contribution in [0.25, 0.3) is 0 Å². The number of benzene rings is 2. The van der Waals surface area contributed by atoms with Gasteiger partial charge in [0.05, 0.1) is 33.0 Å². The van der Waals surface area contributed by atoms with Gasteiger partial charge in [0, 0.05) is 18.2 Å². The number of hydrogen-bond donors (Lipinski definition) is 0. The molecule has 0 spiro atoms. The van der Waals surface area contributed by atoms with Crippen molar-refractivity contribution in [2.75, 3.05) is 21.3 Å². The minimum absolute atomic E-state index is 0.0171. The summed E-state index contributed by atoms with van der Waals surface area (Å²) in [6.07, 6.45) is 0. The molecule has 0 aliphatic heterocycles. The molecule has 0 aliphatic rings. The van der Waals surface area contributed by atoms with Crippen LogP contribution in [0.1, 0.15) is 5.56 Å². The van der Waals surface area contributed by atoms with Gasteiger partial charge in [0.1, 0.15) is 10.7 Å². The molecule has 2 aromatic carbocycles. The minimum Gasteiger partial charge on any atom is -0.493 e. The molecule has 25 heavy (non-hydrogen) atoms. The van der Waals surface area contributed by atoms with E-state index in [-0.39, 0.29) is 28.6 Å². The van der Waals surface area contributed by atoms with Crippen LogP contribution >= 0.6 is 0 Å². The molecule has 0 aliphatic carbocycles. The van der Waals surface area contributed by atoms with Crippen molar-refractivity contribution < 1.29 is 31.2 Å². The van der Waals surface area contributed by atoms with Crippen LogP contribution in [-0.2, 0) is 10.1 Å². The Morgan fingerprint density at radius 1 is 0.920 bits per heavy atom. The first kappa shape index (κ1) is 18.4. The van der Waals surface area contributed by atoms with Gasteiger partial charge in [0.25, 0.3) is 0 Å². The molecule has 0 saturated heterocycles. The zero-order valence-corrected chi connectivity index (χ0v) is 14.4. The zero-order chi connectivity index (χ0) is 18.6. The van der Waals surface area contributed by atoms with E-state index in [1.54, 1.807) is 0 Å². The highest BCUT2D eigenvalue weighted by Gasteiger charge is 2.26. The topological polar surface area (TPSA) is 94.9 Å². The van der Waals surface area contributed by atoms with Crippen molar-refractivity contribution in [1.29, 1.82) is 5.26 Å². The van der Waals surface area contributed by atoms with Crippen LogP contribution in [0, 0.1) is 17.1 Å². The molecule has 2 rings (SSSR count). The van der Waals surface area contributed by atoms with Gasteiger partial charge in [-0.25, -0.2) is 4.39 Å². The molecule has 0 bridgehead atoms. The summed E-state index contributed by atoms with van der Waals surface area (Å²) in [5, 5.41) is 8.86. The molecule has 0 heterocycles. The van der Waals surface area contributed by atoms with E-state index < -0.39 is 20.8 Å². The number of methoxy groups -OCH3 is 3. The summed E-state index contributed by atoms with van der Waals surface area (Å²) in [5.41, 5.74) is 0.249. The molecule has 0 amide bonds. The fourth-order valence-electron chi connectivity index (χ4n) is 2.00. The number of hydrogen-bond acceptors (Lipinski definition) is 7. The van der Waals surface area contributed by atoms with E-state index in [4.69, 9.17) is 23.7 Å². The van der Waals surface area contributed by atoms with E-state index in [1.807, 2.05) is 6.07 Å². The molecule has 0 fully saturated rings. The van der Waals surface area contributed by atoms with E-state index in [9.17, 15) is 12.8 Å². The van der Waals surface area contributed by atoms with Gasteiger partial charge >= 0.3 is 10.1 Å². The first-order chi connectivity index (χ1) is 11.9. The average Bonchev–Trinajstić information content (AvgIpc) is 2.61. The van der Waals surface area contributed by atoms with Gasteiger partial charge in [-0.15, -0.1) is 0 Å². The molecule has 2 aromatic rings. The molecular formula is C16H14FNO6S. The summed E-state index contributed by atoms with van der Waals surface area (Å²) in [6.45, 7) is 0. The maximum atomic E-state index is 14.2. The Labute approximate surface area is 144 Å². The zero-order valence-electron chi connectivity index (χ0n) is 13.6. The van der Waals surface area contributed by atoms with Gasteiger partial charge in [0.2, 0.25) is 0 Å². The molecule has 0 atom stereocenters. The predicted octanol–water partition coefficient (Wildman–Crippen LogP) is 2.49. The average molecular weight is 367 g/mol. The maximum absolute atomic E-state index is 14.2. The Morgan fingerprint density at radius 3 is 2.04 bits per heavy atom. The van der Waals surface area contributed by atoms with Crippen molar-refractivity contribution in [1.82, 2.24) is 0 Å². The van der Waals surface area contributed by atoms with Crippen molar-refractivity contribution >= 4 is 10.1 Å². The molecule has 0 radical (unpaired) electrons. The molecule has 9 heteroatoms. The smallest absolute Gasteiger partial charge is 0.342 e. The molecule has 132 valence electrons. The molecule has 7 nitrogen and oxygen atoms in total. The van der Waals surface area contributed by atoms with Crippen LogP contribution < -0.4 is 18.4 Å². The van der Waals surface area contributed by atoms with Crippen molar-refractivity contribution in [3.8, 4) is 29.1 Å². The highest BCUT2D eigenvalue weighted by molar-refractivity contribution is 7.87. The van der Waals surface area contributed by atoms with E-state index >= 15 is 0 Å². The lowest BCUT2D eigenvalue weighted by molar-refractivity contribution is 0.349. The lowest BCUT2D eigenvalue weighted by atomic mass is 10.2. The van der Waals surface area contributed by atoms with Gasteiger partial charge < -0.3 is 18.4 Å². The number of halogens is 1. The summed E-state index contributed by atoms with van der Waals surface area (Å²) in [7, 11) is -0.659.